The van der Waals surface area contributed by atoms with Crippen LogP contribution in [0.3, 0.4) is 0 Å². The highest BCUT2D eigenvalue weighted by Crippen LogP contribution is 2.19. The normalized spacial score (nSPS) is 12.0. The minimum Gasteiger partial charge on any atom is -0.399 e. The maximum absolute atomic E-state index is 13.0. The van der Waals surface area contributed by atoms with Crippen LogP contribution in [-0.4, -0.2) is 25.8 Å². The lowest BCUT2D eigenvalue weighted by Crippen LogP contribution is -2.34. The number of hydrogen-bond acceptors (Lipinski definition) is 3. The maximum Gasteiger partial charge on any atom is 0.243 e. The highest BCUT2D eigenvalue weighted by atomic mass is 32.2. The fraction of sp³-hybridized carbons (Fsp3) is 0.400. The van der Waals surface area contributed by atoms with Crippen molar-refractivity contribution in [1.29, 1.82) is 0 Å². The van der Waals surface area contributed by atoms with Gasteiger partial charge in [-0.3, -0.25) is 0 Å². The van der Waals surface area contributed by atoms with Crippen LogP contribution in [0.2, 0.25) is 0 Å². The Labute approximate surface area is 151 Å². The van der Waals surface area contributed by atoms with Gasteiger partial charge in [0.25, 0.3) is 0 Å². The zero-order valence-electron chi connectivity index (χ0n) is 15.3. The molecule has 0 aliphatic heterocycles. The second kappa shape index (κ2) is 8.50. The third-order valence-corrected chi connectivity index (χ3v) is 6.16. The fourth-order valence-corrected chi connectivity index (χ4v) is 4.01. The van der Waals surface area contributed by atoms with E-state index in [-0.39, 0.29) is 0 Å². The predicted molar refractivity (Wildman–Crippen MR) is 104 cm³/mol. The number of nitrogens with two attached hydrogens (primary N) is 1. The molecule has 136 valence electrons. The minimum atomic E-state index is -3.48. The van der Waals surface area contributed by atoms with E-state index >= 15 is 0 Å². The molecule has 2 aromatic rings. The molecule has 0 fully saturated rings. The first-order valence-electron chi connectivity index (χ1n) is 8.70. The average molecular weight is 361 g/mol. The number of anilines is 1. The first-order valence-corrected chi connectivity index (χ1v) is 10.1. The van der Waals surface area contributed by atoms with E-state index in [9.17, 15) is 8.42 Å². The lowest BCUT2D eigenvalue weighted by molar-refractivity contribution is 0.383. The standard InChI is InChI=1S/C20H28N2O2S/c1-16(2)12-14-22(15-13-18-6-8-19(21)9-7-18)25(23,24)20-10-4-17(3)5-11-20/h4-11,16H,12-15,21H2,1-3H3. The summed E-state index contributed by atoms with van der Waals surface area (Å²) in [5.74, 6) is 0.451. The molecular weight excluding hydrogens is 332 g/mol. The number of hydrogen-bond donors (Lipinski definition) is 1. The van der Waals surface area contributed by atoms with Crippen molar-refractivity contribution in [1.82, 2.24) is 4.31 Å². The van der Waals surface area contributed by atoms with Crippen molar-refractivity contribution in [3.8, 4) is 0 Å². The SMILES string of the molecule is Cc1ccc(S(=O)(=O)N(CCc2ccc(N)cc2)CCC(C)C)cc1. The zero-order chi connectivity index (χ0) is 18.4. The van der Waals surface area contributed by atoms with E-state index in [1.165, 1.54) is 0 Å². The van der Waals surface area contributed by atoms with Crippen LogP contribution < -0.4 is 5.73 Å². The van der Waals surface area contributed by atoms with Crippen molar-refractivity contribution in [3.63, 3.8) is 0 Å². The Hall–Kier alpha value is -1.85. The Morgan fingerprint density at radius 1 is 0.960 bits per heavy atom. The van der Waals surface area contributed by atoms with E-state index in [2.05, 4.69) is 13.8 Å². The van der Waals surface area contributed by atoms with Gasteiger partial charge < -0.3 is 5.73 Å². The van der Waals surface area contributed by atoms with Gasteiger partial charge in [-0.1, -0.05) is 43.7 Å². The lowest BCUT2D eigenvalue weighted by Gasteiger charge is -2.23. The summed E-state index contributed by atoms with van der Waals surface area (Å²) in [4.78, 5) is 0.360. The number of aryl methyl sites for hydroxylation is 1. The van der Waals surface area contributed by atoms with Crippen LogP contribution in [0, 0.1) is 12.8 Å². The van der Waals surface area contributed by atoms with Gasteiger partial charge in [0, 0.05) is 18.8 Å². The fourth-order valence-electron chi connectivity index (χ4n) is 2.55. The molecule has 0 saturated heterocycles. The lowest BCUT2D eigenvalue weighted by atomic mass is 10.1. The molecule has 0 radical (unpaired) electrons. The summed E-state index contributed by atoms with van der Waals surface area (Å²) in [6.45, 7) is 7.16. The van der Waals surface area contributed by atoms with Crippen LogP contribution in [0.5, 0.6) is 0 Å². The molecule has 0 amide bonds. The monoisotopic (exact) mass is 360 g/mol. The molecule has 25 heavy (non-hydrogen) atoms. The van der Waals surface area contributed by atoms with Gasteiger partial charge in [-0.05, 0) is 55.5 Å². The van der Waals surface area contributed by atoms with Crippen molar-refractivity contribution in [2.75, 3.05) is 18.8 Å². The smallest absolute Gasteiger partial charge is 0.243 e. The molecule has 0 aromatic heterocycles. The van der Waals surface area contributed by atoms with Gasteiger partial charge >= 0.3 is 0 Å². The summed E-state index contributed by atoms with van der Waals surface area (Å²) in [6.07, 6.45) is 1.51. The Morgan fingerprint density at radius 3 is 2.12 bits per heavy atom. The first kappa shape index (κ1) is 19.5. The molecule has 0 aliphatic rings. The molecule has 0 heterocycles. The number of sulfonamides is 1. The number of benzene rings is 2. The molecule has 0 spiro atoms. The van der Waals surface area contributed by atoms with Crippen LogP contribution in [0.1, 0.15) is 31.4 Å². The molecule has 0 unspecified atom stereocenters. The summed E-state index contributed by atoms with van der Waals surface area (Å²) in [7, 11) is -3.48. The molecule has 0 aliphatic carbocycles. The summed E-state index contributed by atoms with van der Waals surface area (Å²) < 4.78 is 27.7. The minimum absolute atomic E-state index is 0.360. The molecule has 0 bridgehead atoms. The van der Waals surface area contributed by atoms with Gasteiger partial charge in [0.2, 0.25) is 10.0 Å². The molecular formula is C20H28N2O2S. The summed E-state index contributed by atoms with van der Waals surface area (Å²) in [5.41, 5.74) is 8.57. The average Bonchev–Trinajstić information content (AvgIpc) is 2.56. The molecule has 4 nitrogen and oxygen atoms in total. The highest BCUT2D eigenvalue weighted by Gasteiger charge is 2.24. The second-order valence-corrected chi connectivity index (χ2v) is 8.83. The Balaban J connectivity index is 2.18. The molecule has 5 heteroatoms. The number of rotatable bonds is 8. The molecule has 0 saturated carbocycles. The second-order valence-electron chi connectivity index (χ2n) is 6.89. The van der Waals surface area contributed by atoms with E-state index in [0.29, 0.717) is 36.0 Å². The van der Waals surface area contributed by atoms with Gasteiger partial charge in [-0.15, -0.1) is 0 Å². The van der Waals surface area contributed by atoms with Crippen molar-refractivity contribution in [2.45, 2.75) is 38.5 Å². The molecule has 0 atom stereocenters. The van der Waals surface area contributed by atoms with E-state index in [1.807, 2.05) is 43.3 Å². The number of nitrogens with zero attached hydrogens (tertiary/aromatic N) is 1. The van der Waals surface area contributed by atoms with Crippen LogP contribution >= 0.6 is 0 Å². The predicted octanol–water partition coefficient (Wildman–Crippen LogP) is 3.86. The Kier molecular flexibility index (Phi) is 6.62. The van der Waals surface area contributed by atoms with Gasteiger partial charge in [0.15, 0.2) is 0 Å². The maximum atomic E-state index is 13.0. The first-order chi connectivity index (χ1) is 11.8. The topological polar surface area (TPSA) is 63.4 Å². The van der Waals surface area contributed by atoms with E-state index in [4.69, 9.17) is 5.73 Å². The largest absolute Gasteiger partial charge is 0.399 e. The van der Waals surface area contributed by atoms with Crippen molar-refractivity contribution >= 4 is 15.7 Å². The van der Waals surface area contributed by atoms with E-state index in [1.54, 1.807) is 16.4 Å². The van der Waals surface area contributed by atoms with Gasteiger partial charge in [-0.25, -0.2) is 8.42 Å². The molecule has 2 rings (SSSR count). The highest BCUT2D eigenvalue weighted by molar-refractivity contribution is 7.89. The van der Waals surface area contributed by atoms with E-state index < -0.39 is 10.0 Å². The van der Waals surface area contributed by atoms with Crippen LogP contribution in [0.4, 0.5) is 5.69 Å². The van der Waals surface area contributed by atoms with Crippen molar-refractivity contribution in [2.24, 2.45) is 5.92 Å². The Bertz CT molecular complexity index is 766. The van der Waals surface area contributed by atoms with Gasteiger partial charge in [0.1, 0.15) is 0 Å². The molecule has 2 aromatic carbocycles. The van der Waals surface area contributed by atoms with Crippen LogP contribution in [0.15, 0.2) is 53.4 Å². The summed E-state index contributed by atoms with van der Waals surface area (Å²) >= 11 is 0. The Morgan fingerprint density at radius 2 is 1.56 bits per heavy atom. The van der Waals surface area contributed by atoms with Crippen molar-refractivity contribution < 1.29 is 8.42 Å². The third kappa shape index (κ3) is 5.58. The van der Waals surface area contributed by atoms with Gasteiger partial charge in [0.05, 0.1) is 4.90 Å². The zero-order valence-corrected chi connectivity index (χ0v) is 16.1. The summed E-state index contributed by atoms with van der Waals surface area (Å²) in [5, 5.41) is 0. The summed E-state index contributed by atoms with van der Waals surface area (Å²) in [6, 6.07) is 14.7. The van der Waals surface area contributed by atoms with Crippen LogP contribution in [-0.2, 0) is 16.4 Å². The van der Waals surface area contributed by atoms with Crippen LogP contribution in [0.25, 0.3) is 0 Å². The quantitative estimate of drug-likeness (QED) is 0.727. The molecule has 2 N–H and O–H groups in total. The number of nitrogen functional groups attached to an aromatic ring is 1. The van der Waals surface area contributed by atoms with Gasteiger partial charge in [-0.2, -0.15) is 4.31 Å². The van der Waals surface area contributed by atoms with Crippen molar-refractivity contribution in [3.05, 3.63) is 59.7 Å². The third-order valence-electron chi connectivity index (χ3n) is 4.24. The van der Waals surface area contributed by atoms with E-state index in [0.717, 1.165) is 17.5 Å².